The van der Waals surface area contributed by atoms with E-state index in [4.69, 9.17) is 9.15 Å². The monoisotopic (exact) mass is 404 g/mol. The van der Waals surface area contributed by atoms with Crippen molar-refractivity contribution >= 4 is 17.9 Å². The van der Waals surface area contributed by atoms with E-state index in [0.29, 0.717) is 11.3 Å². The highest BCUT2D eigenvalue weighted by atomic mass is 16.5. The van der Waals surface area contributed by atoms with Gasteiger partial charge in [0.2, 0.25) is 0 Å². The number of furan rings is 1. The number of hydrogen-bond acceptors (Lipinski definition) is 4. The molecule has 0 bridgehead atoms. The van der Waals surface area contributed by atoms with Crippen LogP contribution < -0.4 is 15.4 Å². The summed E-state index contributed by atoms with van der Waals surface area (Å²) in [5.41, 5.74) is 2.32. The van der Waals surface area contributed by atoms with E-state index in [9.17, 15) is 9.59 Å². The molecule has 0 radical (unpaired) electrons. The fourth-order valence-corrected chi connectivity index (χ4v) is 2.94. The lowest BCUT2D eigenvalue weighted by atomic mass is 10.1. The molecule has 0 spiro atoms. The number of benzene rings is 2. The molecule has 30 heavy (non-hydrogen) atoms. The maximum atomic E-state index is 13.0. The van der Waals surface area contributed by atoms with E-state index < -0.39 is 5.91 Å². The molecule has 154 valence electrons. The van der Waals surface area contributed by atoms with Gasteiger partial charge in [-0.15, -0.1) is 0 Å². The molecule has 0 aliphatic carbocycles. The molecule has 3 rings (SSSR count). The van der Waals surface area contributed by atoms with Crippen LogP contribution in [-0.4, -0.2) is 18.9 Å². The molecule has 0 saturated heterocycles. The summed E-state index contributed by atoms with van der Waals surface area (Å²) in [6.07, 6.45) is 3.01. The largest absolute Gasteiger partial charge is 0.497 e. The quantitative estimate of drug-likeness (QED) is 0.577. The average molecular weight is 404 g/mol. The van der Waals surface area contributed by atoms with Crippen molar-refractivity contribution in [3.63, 3.8) is 0 Å². The van der Waals surface area contributed by atoms with Gasteiger partial charge in [-0.05, 0) is 55.3 Å². The van der Waals surface area contributed by atoms with Crippen LogP contribution >= 0.6 is 0 Å². The molecule has 3 aromatic rings. The number of carbonyl (C=O) groups is 2. The molecule has 0 fully saturated rings. The van der Waals surface area contributed by atoms with Crippen LogP contribution in [0.2, 0.25) is 0 Å². The molecule has 6 heteroatoms. The summed E-state index contributed by atoms with van der Waals surface area (Å²) >= 11 is 0. The van der Waals surface area contributed by atoms with Crippen molar-refractivity contribution in [2.75, 3.05) is 7.11 Å². The van der Waals surface area contributed by atoms with Crippen LogP contribution in [0.3, 0.4) is 0 Å². The highest BCUT2D eigenvalue weighted by molar-refractivity contribution is 6.05. The summed E-state index contributed by atoms with van der Waals surface area (Å²) < 4.78 is 10.5. The number of amides is 2. The maximum absolute atomic E-state index is 13.0. The minimum atomic E-state index is -0.420. The number of methoxy groups -OCH3 is 1. The van der Waals surface area contributed by atoms with Gasteiger partial charge in [0, 0.05) is 11.6 Å². The first-order valence-electron chi connectivity index (χ1n) is 9.55. The van der Waals surface area contributed by atoms with E-state index in [1.165, 1.54) is 12.3 Å². The number of hydrogen-bond donors (Lipinski definition) is 2. The molecule has 2 aromatic carbocycles. The van der Waals surface area contributed by atoms with Crippen molar-refractivity contribution in [2.24, 2.45) is 0 Å². The molecule has 0 unspecified atom stereocenters. The third-order valence-corrected chi connectivity index (χ3v) is 4.68. The summed E-state index contributed by atoms with van der Waals surface area (Å²) in [5, 5.41) is 5.63. The third kappa shape index (κ3) is 5.17. The Balaban J connectivity index is 1.80. The first kappa shape index (κ1) is 20.9. The lowest BCUT2D eigenvalue weighted by molar-refractivity contribution is -0.118. The van der Waals surface area contributed by atoms with E-state index in [2.05, 4.69) is 10.6 Å². The molecular weight excluding hydrogens is 380 g/mol. The van der Waals surface area contributed by atoms with Crippen molar-refractivity contribution in [1.82, 2.24) is 10.6 Å². The molecule has 0 aliphatic rings. The van der Waals surface area contributed by atoms with Crippen molar-refractivity contribution in [3.8, 4) is 5.75 Å². The maximum Gasteiger partial charge on any atom is 0.268 e. The summed E-state index contributed by atoms with van der Waals surface area (Å²) in [6.45, 7) is 3.71. The minimum Gasteiger partial charge on any atom is -0.497 e. The van der Waals surface area contributed by atoms with Gasteiger partial charge in [0.25, 0.3) is 11.8 Å². The molecule has 0 aliphatic heterocycles. The fraction of sp³-hybridized carbons (Fsp3) is 0.167. The predicted octanol–water partition coefficient (Wildman–Crippen LogP) is 4.24. The van der Waals surface area contributed by atoms with E-state index in [1.54, 1.807) is 31.4 Å². The molecule has 1 atom stereocenters. The summed E-state index contributed by atoms with van der Waals surface area (Å²) in [5.74, 6) is 0.415. The molecule has 2 amide bonds. The fourth-order valence-electron chi connectivity index (χ4n) is 2.94. The van der Waals surface area contributed by atoms with Gasteiger partial charge in [-0.2, -0.15) is 0 Å². The Morgan fingerprint density at radius 1 is 1.03 bits per heavy atom. The van der Waals surface area contributed by atoms with Crippen molar-refractivity contribution in [2.45, 2.75) is 19.9 Å². The minimum absolute atomic E-state index is 0.0959. The number of rotatable bonds is 7. The Labute approximate surface area is 175 Å². The number of nitrogens with one attached hydrogen (secondary N) is 2. The zero-order chi connectivity index (χ0) is 21.5. The topological polar surface area (TPSA) is 80.6 Å². The van der Waals surface area contributed by atoms with Gasteiger partial charge in [-0.25, -0.2) is 0 Å². The standard InChI is InChI=1S/C24H24N2O4/c1-16-7-4-5-9-21(16)23(27)26-22(15-20-8-6-14-30-20)24(28)25-17(2)18-10-12-19(29-3)13-11-18/h4-15,17H,1-3H3,(H,25,28)(H,26,27)/b22-15-/t17-/m1/s1. The van der Waals surface area contributed by atoms with Crippen molar-refractivity contribution < 1.29 is 18.7 Å². The van der Waals surface area contributed by atoms with E-state index >= 15 is 0 Å². The highest BCUT2D eigenvalue weighted by Gasteiger charge is 2.18. The smallest absolute Gasteiger partial charge is 0.268 e. The Kier molecular flexibility index (Phi) is 6.70. The average Bonchev–Trinajstić information content (AvgIpc) is 3.26. The van der Waals surface area contributed by atoms with Crippen LogP contribution in [0.1, 0.15) is 40.2 Å². The van der Waals surface area contributed by atoms with E-state index in [0.717, 1.165) is 16.9 Å². The second-order valence-electron chi connectivity index (χ2n) is 6.81. The van der Waals surface area contributed by atoms with Crippen molar-refractivity contribution in [1.29, 1.82) is 0 Å². The lowest BCUT2D eigenvalue weighted by Gasteiger charge is -2.17. The van der Waals surface area contributed by atoms with Crippen LogP contribution in [0, 0.1) is 6.92 Å². The molecule has 0 saturated carbocycles. The van der Waals surface area contributed by atoms with Crippen LogP contribution in [0.25, 0.3) is 6.08 Å². The summed E-state index contributed by atoms with van der Waals surface area (Å²) in [7, 11) is 1.60. The zero-order valence-corrected chi connectivity index (χ0v) is 17.1. The molecule has 6 nitrogen and oxygen atoms in total. The van der Waals surface area contributed by atoms with Crippen LogP contribution in [0.4, 0.5) is 0 Å². The number of ether oxygens (including phenoxy) is 1. The van der Waals surface area contributed by atoms with Gasteiger partial charge in [-0.1, -0.05) is 30.3 Å². The van der Waals surface area contributed by atoms with Crippen LogP contribution in [0.15, 0.2) is 77.0 Å². The van der Waals surface area contributed by atoms with Crippen LogP contribution in [0.5, 0.6) is 5.75 Å². The van der Waals surface area contributed by atoms with Gasteiger partial charge in [0.05, 0.1) is 19.4 Å². The van der Waals surface area contributed by atoms with Gasteiger partial charge >= 0.3 is 0 Å². The number of carbonyl (C=O) groups excluding carboxylic acids is 2. The van der Waals surface area contributed by atoms with Gasteiger partial charge < -0.3 is 19.8 Å². The second kappa shape index (κ2) is 9.60. The Hall–Kier alpha value is -3.80. The van der Waals surface area contributed by atoms with E-state index in [1.807, 2.05) is 50.2 Å². The molecular formula is C24H24N2O4. The summed E-state index contributed by atoms with van der Waals surface area (Å²) in [6, 6.07) is 17.8. The SMILES string of the molecule is COc1ccc([C@@H](C)NC(=O)/C(=C/c2ccco2)NC(=O)c2ccccc2C)cc1. The number of aryl methyl sites for hydroxylation is 1. The van der Waals surface area contributed by atoms with Gasteiger partial charge in [0.1, 0.15) is 17.2 Å². The first-order valence-corrected chi connectivity index (χ1v) is 9.55. The highest BCUT2D eigenvalue weighted by Crippen LogP contribution is 2.18. The molecule has 1 aromatic heterocycles. The first-order chi connectivity index (χ1) is 14.5. The zero-order valence-electron chi connectivity index (χ0n) is 17.1. The normalized spacial score (nSPS) is 12.2. The Morgan fingerprint density at radius 2 is 1.77 bits per heavy atom. The Morgan fingerprint density at radius 3 is 2.40 bits per heavy atom. The molecule has 2 N–H and O–H groups in total. The lowest BCUT2D eigenvalue weighted by Crippen LogP contribution is -2.36. The summed E-state index contributed by atoms with van der Waals surface area (Å²) in [4.78, 5) is 25.7. The van der Waals surface area contributed by atoms with Crippen LogP contribution in [-0.2, 0) is 4.79 Å². The molecule has 1 heterocycles. The Bertz CT molecular complexity index is 1040. The third-order valence-electron chi connectivity index (χ3n) is 4.68. The predicted molar refractivity (Wildman–Crippen MR) is 115 cm³/mol. The van der Waals surface area contributed by atoms with Gasteiger partial charge in [0.15, 0.2) is 0 Å². The van der Waals surface area contributed by atoms with Gasteiger partial charge in [-0.3, -0.25) is 9.59 Å². The van der Waals surface area contributed by atoms with Crippen molar-refractivity contribution in [3.05, 3.63) is 95.1 Å². The second-order valence-corrected chi connectivity index (χ2v) is 6.81. The van der Waals surface area contributed by atoms with E-state index in [-0.39, 0.29) is 17.6 Å².